The van der Waals surface area contributed by atoms with Crippen molar-refractivity contribution in [3.63, 3.8) is 0 Å². The van der Waals surface area contributed by atoms with Gasteiger partial charge >= 0.3 is 0 Å². The van der Waals surface area contributed by atoms with Crippen LogP contribution >= 0.6 is 23.2 Å². The molecule has 2 aliphatic heterocycles. The third kappa shape index (κ3) is 3.07. The monoisotopic (exact) mass is 423 g/mol. The Morgan fingerprint density at radius 1 is 1.25 bits per heavy atom. The highest BCUT2D eigenvalue weighted by atomic mass is 35.5. The second-order valence-electron chi connectivity index (χ2n) is 6.99. The number of anilines is 2. The van der Waals surface area contributed by atoms with E-state index < -0.39 is 0 Å². The lowest BCUT2D eigenvalue weighted by Crippen LogP contribution is -2.22. The zero-order chi connectivity index (χ0) is 19.3. The molecule has 0 saturated carbocycles. The zero-order valence-electron chi connectivity index (χ0n) is 15.2. The summed E-state index contributed by atoms with van der Waals surface area (Å²) in [5, 5.41) is 13.0. The molecule has 3 aromatic heterocycles. The Morgan fingerprint density at radius 3 is 2.89 bits per heavy atom. The first-order valence-electron chi connectivity index (χ1n) is 9.20. The Morgan fingerprint density at radius 2 is 2.07 bits per heavy atom. The fraction of sp³-hybridized carbons (Fsp3) is 0.529. The highest BCUT2D eigenvalue weighted by Crippen LogP contribution is 2.35. The zero-order valence-corrected chi connectivity index (χ0v) is 16.7. The number of fused-ring (bicyclic) bond motifs is 2. The molecule has 9 nitrogen and oxygen atoms in total. The first-order valence-corrected chi connectivity index (χ1v) is 10.0. The molecule has 0 aromatic carbocycles. The number of rotatable bonds is 1. The van der Waals surface area contributed by atoms with Crippen molar-refractivity contribution in [3.8, 4) is 5.88 Å². The van der Waals surface area contributed by atoms with Crippen molar-refractivity contribution < 1.29 is 9.47 Å². The maximum Gasteiger partial charge on any atom is 0.257 e. The van der Waals surface area contributed by atoms with Gasteiger partial charge in [0.05, 0.1) is 29.0 Å². The van der Waals surface area contributed by atoms with Crippen LogP contribution < -0.4 is 10.1 Å². The molecule has 5 rings (SSSR count). The van der Waals surface area contributed by atoms with Crippen molar-refractivity contribution in [2.45, 2.75) is 37.7 Å². The maximum absolute atomic E-state index is 6.50. The van der Waals surface area contributed by atoms with Gasteiger partial charge in [-0.15, -0.1) is 16.7 Å². The van der Waals surface area contributed by atoms with Crippen LogP contribution in [-0.2, 0) is 11.3 Å². The SMILES string of the molecule is Cc1c2c(nn1C1CCOCC1)OCC(Cl)Cn1nc(Cl)c3cnc(nc31)N2. The van der Waals surface area contributed by atoms with E-state index in [2.05, 4.69) is 20.4 Å². The summed E-state index contributed by atoms with van der Waals surface area (Å²) in [6.45, 7) is 4.17. The molecule has 1 fully saturated rings. The van der Waals surface area contributed by atoms with Crippen LogP contribution in [0.1, 0.15) is 24.6 Å². The number of hydrogen-bond acceptors (Lipinski definition) is 7. The summed E-state index contributed by atoms with van der Waals surface area (Å²) in [4.78, 5) is 8.98. The number of aromatic nitrogens is 6. The van der Waals surface area contributed by atoms with Gasteiger partial charge in [0.25, 0.3) is 5.88 Å². The van der Waals surface area contributed by atoms with Crippen LogP contribution in [0.4, 0.5) is 11.6 Å². The lowest BCUT2D eigenvalue weighted by Gasteiger charge is -2.23. The van der Waals surface area contributed by atoms with E-state index in [1.165, 1.54) is 0 Å². The number of nitrogens with zero attached hydrogens (tertiary/aromatic N) is 6. The largest absolute Gasteiger partial charge is 0.473 e. The fourth-order valence-electron chi connectivity index (χ4n) is 3.65. The maximum atomic E-state index is 6.50. The Balaban J connectivity index is 1.60. The molecule has 3 aromatic rings. The number of halogens is 2. The quantitative estimate of drug-likeness (QED) is 0.601. The van der Waals surface area contributed by atoms with Crippen LogP contribution in [-0.4, -0.2) is 54.7 Å². The average Bonchev–Trinajstić information content (AvgIpc) is 3.17. The number of hydrogen-bond donors (Lipinski definition) is 1. The predicted octanol–water partition coefficient (Wildman–Crippen LogP) is 3.08. The minimum absolute atomic E-state index is 0.273. The average molecular weight is 424 g/mol. The standard InChI is InChI=1S/C17H19Cl2N7O2/c1-9-13-16(24-26(9)11-2-4-27-5-3-11)28-8-10(18)7-25-15-12(14(19)23-25)6-20-17(21-13)22-15/h6,10-11H,2-5,7-8H2,1H3,(H,20,21,22). The van der Waals surface area contributed by atoms with Gasteiger partial charge in [-0.2, -0.15) is 10.1 Å². The molecule has 1 unspecified atom stereocenters. The Labute approximate surface area is 170 Å². The van der Waals surface area contributed by atoms with Gasteiger partial charge in [0.2, 0.25) is 5.95 Å². The molecule has 1 atom stereocenters. The van der Waals surface area contributed by atoms with Gasteiger partial charge in [0.1, 0.15) is 12.3 Å². The predicted molar refractivity (Wildman–Crippen MR) is 105 cm³/mol. The van der Waals surface area contributed by atoms with Crippen molar-refractivity contribution in [1.29, 1.82) is 0 Å². The number of alkyl halides is 1. The van der Waals surface area contributed by atoms with Gasteiger partial charge in [0.15, 0.2) is 10.8 Å². The second-order valence-corrected chi connectivity index (χ2v) is 7.97. The summed E-state index contributed by atoms with van der Waals surface area (Å²) in [5.74, 6) is 0.925. The molecule has 1 N–H and O–H groups in total. The highest BCUT2D eigenvalue weighted by Gasteiger charge is 2.26. The normalized spacial score (nSPS) is 20.5. The Bertz CT molecular complexity index is 1030. The molecule has 0 radical (unpaired) electrons. The Hall–Kier alpha value is -2.10. The summed E-state index contributed by atoms with van der Waals surface area (Å²) in [5.41, 5.74) is 2.34. The van der Waals surface area contributed by atoms with E-state index >= 15 is 0 Å². The van der Waals surface area contributed by atoms with E-state index in [4.69, 9.17) is 37.8 Å². The molecule has 2 aliphatic rings. The third-order valence-electron chi connectivity index (χ3n) is 5.11. The lowest BCUT2D eigenvalue weighted by molar-refractivity contribution is 0.0652. The summed E-state index contributed by atoms with van der Waals surface area (Å²) < 4.78 is 15.1. The summed E-state index contributed by atoms with van der Waals surface area (Å²) in [6.07, 6.45) is 3.50. The van der Waals surface area contributed by atoms with Crippen molar-refractivity contribution in [2.24, 2.45) is 0 Å². The van der Waals surface area contributed by atoms with Crippen molar-refractivity contribution in [3.05, 3.63) is 17.0 Å². The van der Waals surface area contributed by atoms with E-state index in [0.717, 1.165) is 37.4 Å². The minimum atomic E-state index is -0.322. The van der Waals surface area contributed by atoms with E-state index in [0.29, 0.717) is 34.6 Å². The second kappa shape index (κ2) is 7.06. The van der Waals surface area contributed by atoms with E-state index in [1.54, 1.807) is 10.9 Å². The van der Waals surface area contributed by atoms with Crippen LogP contribution in [0.3, 0.4) is 0 Å². The van der Waals surface area contributed by atoms with Crippen molar-refractivity contribution in [2.75, 3.05) is 25.1 Å². The minimum Gasteiger partial charge on any atom is -0.473 e. The first-order chi connectivity index (χ1) is 13.6. The van der Waals surface area contributed by atoms with Crippen LogP contribution in [0.2, 0.25) is 5.15 Å². The van der Waals surface area contributed by atoms with Gasteiger partial charge in [-0.05, 0) is 19.8 Å². The van der Waals surface area contributed by atoms with Gasteiger partial charge in [0, 0.05) is 19.4 Å². The molecular formula is C17H19Cl2N7O2. The molecule has 148 valence electrons. The summed E-state index contributed by atoms with van der Waals surface area (Å²) >= 11 is 12.7. The van der Waals surface area contributed by atoms with Crippen LogP contribution in [0.5, 0.6) is 5.88 Å². The fourth-order valence-corrected chi connectivity index (χ4v) is 4.07. The third-order valence-corrected chi connectivity index (χ3v) is 5.65. The molecule has 0 aliphatic carbocycles. The smallest absolute Gasteiger partial charge is 0.257 e. The van der Waals surface area contributed by atoms with E-state index in [9.17, 15) is 0 Å². The molecule has 0 amide bonds. The topological polar surface area (TPSA) is 91.9 Å². The molecule has 28 heavy (non-hydrogen) atoms. The van der Waals surface area contributed by atoms with E-state index in [1.807, 2.05) is 11.6 Å². The summed E-state index contributed by atoms with van der Waals surface area (Å²) in [6, 6.07) is 0.273. The molecule has 5 heterocycles. The highest BCUT2D eigenvalue weighted by molar-refractivity contribution is 6.34. The molecule has 11 heteroatoms. The number of ether oxygens (including phenoxy) is 2. The first kappa shape index (κ1) is 18.0. The molecule has 1 saturated heterocycles. The Kier molecular flexibility index (Phi) is 4.53. The molecule has 2 bridgehead atoms. The molecular weight excluding hydrogens is 405 g/mol. The van der Waals surface area contributed by atoms with Crippen molar-refractivity contribution >= 4 is 45.9 Å². The van der Waals surface area contributed by atoms with Crippen LogP contribution in [0.15, 0.2) is 6.20 Å². The van der Waals surface area contributed by atoms with E-state index in [-0.39, 0.29) is 18.0 Å². The van der Waals surface area contributed by atoms with Gasteiger partial charge in [-0.1, -0.05) is 11.6 Å². The van der Waals surface area contributed by atoms with Crippen LogP contribution in [0, 0.1) is 6.92 Å². The van der Waals surface area contributed by atoms with Gasteiger partial charge < -0.3 is 14.8 Å². The molecule has 0 spiro atoms. The van der Waals surface area contributed by atoms with Gasteiger partial charge in [-0.25, -0.2) is 9.67 Å². The van der Waals surface area contributed by atoms with Crippen LogP contribution in [0.25, 0.3) is 11.0 Å². The van der Waals surface area contributed by atoms with Crippen molar-refractivity contribution in [1.82, 2.24) is 29.5 Å². The number of nitrogens with one attached hydrogen (secondary N) is 1. The summed E-state index contributed by atoms with van der Waals surface area (Å²) in [7, 11) is 0. The lowest BCUT2D eigenvalue weighted by atomic mass is 10.1. The van der Waals surface area contributed by atoms with Gasteiger partial charge in [-0.3, -0.25) is 4.68 Å².